The molecule has 0 radical (unpaired) electrons. The summed E-state index contributed by atoms with van der Waals surface area (Å²) in [5.41, 5.74) is 7.86. The monoisotopic (exact) mass is 191 g/mol. The van der Waals surface area contributed by atoms with E-state index in [1.54, 1.807) is 12.1 Å². The molecule has 0 saturated carbocycles. The van der Waals surface area contributed by atoms with Crippen molar-refractivity contribution in [3.63, 3.8) is 0 Å². The number of allylic oxidation sites excluding steroid dienone is 1. The molecule has 0 amide bonds. The van der Waals surface area contributed by atoms with E-state index in [0.29, 0.717) is 12.2 Å². The van der Waals surface area contributed by atoms with Gasteiger partial charge < -0.3 is 10.8 Å². The third-order valence-corrected chi connectivity index (χ3v) is 2.34. The first-order valence-corrected chi connectivity index (χ1v) is 4.87. The van der Waals surface area contributed by atoms with Gasteiger partial charge in [-0.05, 0) is 30.0 Å². The fourth-order valence-corrected chi connectivity index (χ4v) is 1.39. The molecule has 1 rings (SSSR count). The number of nitrogens with two attached hydrogens (primary N) is 1. The molecule has 2 heteroatoms. The average molecular weight is 191 g/mol. The Labute approximate surface area is 85.1 Å². The van der Waals surface area contributed by atoms with Crippen LogP contribution in [0.5, 0.6) is 5.75 Å². The van der Waals surface area contributed by atoms with Crippen LogP contribution in [0.1, 0.15) is 30.5 Å². The highest BCUT2D eigenvalue weighted by molar-refractivity contribution is 5.38. The van der Waals surface area contributed by atoms with E-state index in [0.717, 1.165) is 17.5 Å². The van der Waals surface area contributed by atoms with Crippen LogP contribution in [0, 0.1) is 0 Å². The lowest BCUT2D eigenvalue weighted by Crippen LogP contribution is -2.08. The molecule has 14 heavy (non-hydrogen) atoms. The first kappa shape index (κ1) is 10.8. The maximum Gasteiger partial charge on any atom is 0.119 e. The summed E-state index contributed by atoms with van der Waals surface area (Å²) in [6, 6.07) is 5.57. The topological polar surface area (TPSA) is 46.2 Å². The molecule has 0 spiro atoms. The summed E-state index contributed by atoms with van der Waals surface area (Å²) in [7, 11) is 0. The van der Waals surface area contributed by atoms with Gasteiger partial charge in [0.1, 0.15) is 5.75 Å². The highest BCUT2D eigenvalue weighted by Crippen LogP contribution is 2.23. The second-order valence-corrected chi connectivity index (χ2v) is 3.40. The minimum Gasteiger partial charge on any atom is -0.508 e. The van der Waals surface area contributed by atoms with Crippen molar-refractivity contribution in [3.8, 4) is 5.75 Å². The van der Waals surface area contributed by atoms with Gasteiger partial charge in [-0.2, -0.15) is 0 Å². The number of aromatic hydroxyl groups is 1. The summed E-state index contributed by atoms with van der Waals surface area (Å²) in [5.74, 6) is 0.317. The standard InChI is InChI=1S/C12H17NO/c1-3-5-10-8-9(11(13)4-2)6-7-12(10)14/h3,6-8,11,14H,1,4-5,13H2,2H3. The lowest BCUT2D eigenvalue weighted by Gasteiger charge is -2.11. The minimum absolute atomic E-state index is 0.0548. The quantitative estimate of drug-likeness (QED) is 0.718. The van der Waals surface area contributed by atoms with Crippen LogP contribution in [-0.4, -0.2) is 5.11 Å². The number of rotatable bonds is 4. The lowest BCUT2D eigenvalue weighted by atomic mass is 10.0. The number of phenols is 1. The molecule has 0 aliphatic heterocycles. The van der Waals surface area contributed by atoms with Crippen LogP contribution in [0.2, 0.25) is 0 Å². The lowest BCUT2D eigenvalue weighted by molar-refractivity contribution is 0.469. The van der Waals surface area contributed by atoms with E-state index in [-0.39, 0.29) is 6.04 Å². The molecular formula is C12H17NO. The Morgan fingerprint density at radius 2 is 2.29 bits per heavy atom. The normalized spacial score (nSPS) is 12.4. The summed E-state index contributed by atoms with van der Waals surface area (Å²) in [6.45, 7) is 5.70. The Morgan fingerprint density at radius 3 is 2.86 bits per heavy atom. The fraction of sp³-hybridized carbons (Fsp3) is 0.333. The summed E-state index contributed by atoms with van der Waals surface area (Å²) in [6.07, 6.45) is 3.35. The van der Waals surface area contributed by atoms with Crippen molar-refractivity contribution in [3.05, 3.63) is 42.0 Å². The van der Waals surface area contributed by atoms with Gasteiger partial charge in [0.05, 0.1) is 0 Å². The average Bonchev–Trinajstić information content (AvgIpc) is 2.20. The molecule has 0 aliphatic carbocycles. The highest BCUT2D eigenvalue weighted by atomic mass is 16.3. The van der Waals surface area contributed by atoms with Gasteiger partial charge in [-0.15, -0.1) is 6.58 Å². The molecule has 0 aliphatic rings. The van der Waals surface area contributed by atoms with Gasteiger partial charge in [0.2, 0.25) is 0 Å². The first-order chi connectivity index (χ1) is 6.69. The van der Waals surface area contributed by atoms with Crippen molar-refractivity contribution in [1.29, 1.82) is 0 Å². The Bertz CT molecular complexity index is 320. The summed E-state index contributed by atoms with van der Waals surface area (Å²) >= 11 is 0. The fourth-order valence-electron chi connectivity index (χ4n) is 1.39. The van der Waals surface area contributed by atoms with Crippen LogP contribution in [0.3, 0.4) is 0 Å². The molecule has 0 saturated heterocycles. The van der Waals surface area contributed by atoms with Crippen molar-refractivity contribution in [2.24, 2.45) is 5.73 Å². The smallest absolute Gasteiger partial charge is 0.119 e. The first-order valence-electron chi connectivity index (χ1n) is 4.87. The van der Waals surface area contributed by atoms with E-state index < -0.39 is 0 Å². The number of benzene rings is 1. The zero-order valence-electron chi connectivity index (χ0n) is 8.53. The van der Waals surface area contributed by atoms with E-state index in [1.165, 1.54) is 0 Å². The van der Waals surface area contributed by atoms with Gasteiger partial charge in [0.15, 0.2) is 0 Å². The Kier molecular flexibility index (Phi) is 3.72. The molecular weight excluding hydrogens is 174 g/mol. The minimum atomic E-state index is 0.0548. The largest absolute Gasteiger partial charge is 0.508 e. The van der Waals surface area contributed by atoms with Gasteiger partial charge in [-0.3, -0.25) is 0 Å². The van der Waals surface area contributed by atoms with Crippen molar-refractivity contribution in [2.75, 3.05) is 0 Å². The van der Waals surface area contributed by atoms with Crippen LogP contribution in [0.15, 0.2) is 30.9 Å². The second kappa shape index (κ2) is 4.82. The Morgan fingerprint density at radius 1 is 1.57 bits per heavy atom. The zero-order chi connectivity index (χ0) is 10.6. The van der Waals surface area contributed by atoms with Crippen molar-refractivity contribution >= 4 is 0 Å². The predicted octanol–water partition coefficient (Wildman–Crippen LogP) is 2.53. The molecule has 1 atom stereocenters. The number of phenolic OH excluding ortho intramolecular Hbond substituents is 1. The van der Waals surface area contributed by atoms with Crippen LogP contribution in [-0.2, 0) is 6.42 Å². The van der Waals surface area contributed by atoms with Gasteiger partial charge >= 0.3 is 0 Å². The predicted molar refractivity (Wildman–Crippen MR) is 59.2 cm³/mol. The van der Waals surface area contributed by atoms with Gasteiger partial charge in [-0.1, -0.05) is 25.1 Å². The van der Waals surface area contributed by atoms with Crippen LogP contribution in [0.4, 0.5) is 0 Å². The SMILES string of the molecule is C=CCc1cc(C(N)CC)ccc1O. The van der Waals surface area contributed by atoms with E-state index >= 15 is 0 Å². The second-order valence-electron chi connectivity index (χ2n) is 3.40. The summed E-state index contributed by atoms with van der Waals surface area (Å²) < 4.78 is 0. The Hall–Kier alpha value is -1.28. The van der Waals surface area contributed by atoms with Crippen LogP contribution in [0.25, 0.3) is 0 Å². The number of hydrogen-bond donors (Lipinski definition) is 2. The Balaban J connectivity index is 2.99. The van der Waals surface area contributed by atoms with Crippen molar-refractivity contribution < 1.29 is 5.11 Å². The van der Waals surface area contributed by atoms with Gasteiger partial charge in [-0.25, -0.2) is 0 Å². The van der Waals surface area contributed by atoms with E-state index in [9.17, 15) is 5.11 Å². The summed E-state index contributed by atoms with van der Waals surface area (Å²) in [4.78, 5) is 0. The maximum atomic E-state index is 9.53. The number of hydrogen-bond acceptors (Lipinski definition) is 2. The van der Waals surface area contributed by atoms with Gasteiger partial charge in [0, 0.05) is 6.04 Å². The molecule has 76 valence electrons. The molecule has 1 unspecified atom stereocenters. The van der Waals surface area contributed by atoms with E-state index in [4.69, 9.17) is 5.73 Å². The molecule has 0 aromatic heterocycles. The molecule has 1 aromatic carbocycles. The highest BCUT2D eigenvalue weighted by Gasteiger charge is 2.06. The molecule has 0 heterocycles. The van der Waals surface area contributed by atoms with Crippen LogP contribution < -0.4 is 5.73 Å². The van der Waals surface area contributed by atoms with E-state index in [1.807, 2.05) is 19.1 Å². The van der Waals surface area contributed by atoms with Crippen molar-refractivity contribution in [1.82, 2.24) is 0 Å². The molecule has 0 bridgehead atoms. The molecule has 1 aromatic rings. The van der Waals surface area contributed by atoms with E-state index in [2.05, 4.69) is 6.58 Å². The molecule has 3 N–H and O–H groups in total. The van der Waals surface area contributed by atoms with Gasteiger partial charge in [0.25, 0.3) is 0 Å². The van der Waals surface area contributed by atoms with Crippen LogP contribution >= 0.6 is 0 Å². The third-order valence-electron chi connectivity index (χ3n) is 2.34. The zero-order valence-corrected chi connectivity index (χ0v) is 8.53. The summed E-state index contributed by atoms with van der Waals surface area (Å²) in [5, 5.41) is 9.53. The third kappa shape index (κ3) is 2.36. The van der Waals surface area contributed by atoms with Crippen molar-refractivity contribution in [2.45, 2.75) is 25.8 Å². The molecule has 2 nitrogen and oxygen atoms in total. The molecule has 0 fully saturated rings. The maximum absolute atomic E-state index is 9.53.